The molecule has 0 unspecified atom stereocenters. The first-order chi connectivity index (χ1) is 6.63. The molecule has 2 heterocycles. The van der Waals surface area contributed by atoms with Gasteiger partial charge in [-0.3, -0.25) is 0 Å². The number of rotatable bonds is 2. The monoisotopic (exact) mass is 189 g/mol. The molecule has 0 aliphatic heterocycles. The van der Waals surface area contributed by atoms with Crippen LogP contribution in [0.15, 0.2) is 24.7 Å². The third-order valence-corrected chi connectivity index (χ3v) is 2.29. The minimum Gasteiger partial charge on any atom is -0.302 e. The Morgan fingerprint density at radius 3 is 3.00 bits per heavy atom. The van der Waals surface area contributed by atoms with E-state index in [0.29, 0.717) is 0 Å². The van der Waals surface area contributed by atoms with Gasteiger partial charge in [-0.25, -0.2) is 9.50 Å². The maximum absolute atomic E-state index is 10.8. The predicted octanol–water partition coefficient (Wildman–Crippen LogP) is 1.21. The number of aldehydes is 1. The molecule has 0 radical (unpaired) electrons. The van der Waals surface area contributed by atoms with Gasteiger partial charge in [0.25, 0.3) is 0 Å². The maximum Gasteiger partial charge on any atom is 0.154 e. The van der Waals surface area contributed by atoms with E-state index in [1.807, 2.05) is 26.1 Å². The number of hydrogen-bond acceptors (Lipinski definition) is 3. The van der Waals surface area contributed by atoms with E-state index in [-0.39, 0.29) is 0 Å². The van der Waals surface area contributed by atoms with Crippen LogP contribution in [0.1, 0.15) is 19.4 Å². The van der Waals surface area contributed by atoms with Crippen molar-refractivity contribution in [3.05, 3.63) is 30.2 Å². The molecule has 0 saturated heterocycles. The summed E-state index contributed by atoms with van der Waals surface area (Å²) in [5.41, 5.74) is 1.15. The Labute approximate surface area is 81.6 Å². The highest BCUT2D eigenvalue weighted by molar-refractivity contribution is 5.66. The molecule has 4 heteroatoms. The van der Waals surface area contributed by atoms with Crippen LogP contribution < -0.4 is 0 Å². The van der Waals surface area contributed by atoms with E-state index < -0.39 is 5.41 Å². The molecule has 0 aromatic carbocycles. The lowest BCUT2D eigenvalue weighted by atomic mass is 9.89. The number of aromatic nitrogens is 3. The van der Waals surface area contributed by atoms with Crippen molar-refractivity contribution < 1.29 is 4.79 Å². The summed E-state index contributed by atoms with van der Waals surface area (Å²) in [6.45, 7) is 3.71. The lowest BCUT2D eigenvalue weighted by Gasteiger charge is -2.16. The van der Waals surface area contributed by atoms with Gasteiger partial charge in [-0.05, 0) is 13.8 Å². The highest BCUT2D eigenvalue weighted by Gasteiger charge is 2.20. The fourth-order valence-electron chi connectivity index (χ4n) is 1.21. The third-order valence-electron chi connectivity index (χ3n) is 2.29. The van der Waals surface area contributed by atoms with Crippen molar-refractivity contribution in [1.29, 1.82) is 0 Å². The maximum atomic E-state index is 10.8. The fraction of sp³-hybridized carbons (Fsp3) is 0.300. The van der Waals surface area contributed by atoms with Gasteiger partial charge in [0.15, 0.2) is 5.65 Å². The highest BCUT2D eigenvalue weighted by Crippen LogP contribution is 2.19. The molecule has 14 heavy (non-hydrogen) atoms. The molecular formula is C10H11N3O. The van der Waals surface area contributed by atoms with Gasteiger partial charge < -0.3 is 4.79 Å². The fourth-order valence-corrected chi connectivity index (χ4v) is 1.21. The van der Waals surface area contributed by atoms with Gasteiger partial charge >= 0.3 is 0 Å². The second-order valence-corrected chi connectivity index (χ2v) is 3.82. The standard InChI is InChI=1S/C10H11N3O/c1-10(2,7-14)8-5-11-9-3-4-12-13(9)6-8/h3-7H,1-2H3. The van der Waals surface area contributed by atoms with E-state index >= 15 is 0 Å². The van der Waals surface area contributed by atoms with Gasteiger partial charge in [0.2, 0.25) is 0 Å². The topological polar surface area (TPSA) is 47.3 Å². The van der Waals surface area contributed by atoms with Crippen molar-refractivity contribution in [3.8, 4) is 0 Å². The van der Waals surface area contributed by atoms with Gasteiger partial charge in [0.1, 0.15) is 6.29 Å². The van der Waals surface area contributed by atoms with Crippen molar-refractivity contribution in [2.75, 3.05) is 0 Å². The summed E-state index contributed by atoms with van der Waals surface area (Å²) in [7, 11) is 0. The summed E-state index contributed by atoms with van der Waals surface area (Å²) in [5, 5.41) is 4.07. The molecule has 0 aliphatic rings. The Morgan fingerprint density at radius 2 is 2.29 bits per heavy atom. The Hall–Kier alpha value is -1.71. The smallest absolute Gasteiger partial charge is 0.154 e. The molecule has 72 valence electrons. The van der Waals surface area contributed by atoms with Gasteiger partial charge in [0, 0.05) is 29.4 Å². The summed E-state index contributed by atoms with van der Waals surface area (Å²) in [6.07, 6.45) is 6.14. The van der Waals surface area contributed by atoms with Crippen molar-refractivity contribution in [3.63, 3.8) is 0 Å². The Kier molecular flexibility index (Phi) is 1.84. The number of nitrogens with zero attached hydrogens (tertiary/aromatic N) is 3. The first kappa shape index (κ1) is 8.87. The average molecular weight is 189 g/mol. The van der Waals surface area contributed by atoms with Crippen molar-refractivity contribution in [2.45, 2.75) is 19.3 Å². The first-order valence-electron chi connectivity index (χ1n) is 4.40. The zero-order valence-electron chi connectivity index (χ0n) is 8.14. The number of carbonyl (C=O) groups excluding carboxylic acids is 1. The number of fused-ring (bicyclic) bond motifs is 1. The van der Waals surface area contributed by atoms with E-state index in [1.165, 1.54) is 0 Å². The average Bonchev–Trinajstić information content (AvgIpc) is 2.64. The SMILES string of the molecule is CC(C)(C=O)c1cnc2ccnn2c1. The zero-order chi connectivity index (χ0) is 10.2. The van der Waals surface area contributed by atoms with Crippen LogP contribution in [0.3, 0.4) is 0 Å². The van der Waals surface area contributed by atoms with Crippen molar-refractivity contribution in [1.82, 2.24) is 14.6 Å². The minimum absolute atomic E-state index is 0.507. The molecular weight excluding hydrogens is 178 g/mol. The van der Waals surface area contributed by atoms with Gasteiger partial charge in [-0.2, -0.15) is 5.10 Å². The quantitative estimate of drug-likeness (QED) is 0.667. The van der Waals surface area contributed by atoms with Gasteiger partial charge in [-0.15, -0.1) is 0 Å². The Bertz CT molecular complexity index is 473. The molecule has 4 nitrogen and oxygen atoms in total. The van der Waals surface area contributed by atoms with Crippen LogP contribution in [0, 0.1) is 0 Å². The number of hydrogen-bond donors (Lipinski definition) is 0. The predicted molar refractivity (Wildman–Crippen MR) is 52.1 cm³/mol. The van der Waals surface area contributed by atoms with E-state index in [1.54, 1.807) is 16.9 Å². The Balaban J connectivity index is 2.59. The van der Waals surface area contributed by atoms with E-state index in [2.05, 4.69) is 10.1 Å². The number of carbonyl (C=O) groups is 1. The highest BCUT2D eigenvalue weighted by atomic mass is 16.1. The molecule has 2 aromatic rings. The van der Waals surface area contributed by atoms with E-state index in [4.69, 9.17) is 0 Å². The summed E-state index contributed by atoms with van der Waals surface area (Å²) >= 11 is 0. The lowest BCUT2D eigenvalue weighted by Crippen LogP contribution is -2.19. The lowest BCUT2D eigenvalue weighted by molar-refractivity contribution is -0.111. The second kappa shape index (κ2) is 2.90. The second-order valence-electron chi connectivity index (χ2n) is 3.82. The molecule has 0 atom stereocenters. The van der Waals surface area contributed by atoms with Crippen LogP contribution in [0.5, 0.6) is 0 Å². The van der Waals surface area contributed by atoms with Crippen LogP contribution >= 0.6 is 0 Å². The molecule has 0 spiro atoms. The zero-order valence-corrected chi connectivity index (χ0v) is 8.14. The normalized spacial score (nSPS) is 11.9. The summed E-state index contributed by atoms with van der Waals surface area (Å²) < 4.78 is 1.67. The summed E-state index contributed by atoms with van der Waals surface area (Å²) in [6, 6.07) is 1.82. The van der Waals surface area contributed by atoms with Crippen molar-refractivity contribution in [2.24, 2.45) is 0 Å². The Morgan fingerprint density at radius 1 is 1.50 bits per heavy atom. The third kappa shape index (κ3) is 1.28. The molecule has 0 fully saturated rings. The molecule has 0 saturated carbocycles. The van der Waals surface area contributed by atoms with E-state index in [0.717, 1.165) is 17.5 Å². The van der Waals surface area contributed by atoms with Crippen molar-refractivity contribution >= 4 is 11.9 Å². The first-order valence-corrected chi connectivity index (χ1v) is 4.40. The van der Waals surface area contributed by atoms with Crippen LogP contribution in [0.4, 0.5) is 0 Å². The van der Waals surface area contributed by atoms with Crippen LogP contribution in [-0.4, -0.2) is 20.9 Å². The van der Waals surface area contributed by atoms with Gasteiger partial charge in [0.05, 0.1) is 6.20 Å². The summed E-state index contributed by atoms with van der Waals surface area (Å²) in [5.74, 6) is 0. The molecule has 0 bridgehead atoms. The van der Waals surface area contributed by atoms with E-state index in [9.17, 15) is 4.79 Å². The van der Waals surface area contributed by atoms with Crippen LogP contribution in [-0.2, 0) is 10.2 Å². The molecule has 2 rings (SSSR count). The molecule has 2 aromatic heterocycles. The molecule has 0 aliphatic carbocycles. The van der Waals surface area contributed by atoms with Gasteiger partial charge in [-0.1, -0.05) is 0 Å². The molecule has 0 amide bonds. The summed E-state index contributed by atoms with van der Waals surface area (Å²) in [4.78, 5) is 15.0. The van der Waals surface area contributed by atoms with Crippen LogP contribution in [0.25, 0.3) is 5.65 Å². The van der Waals surface area contributed by atoms with Crippen LogP contribution in [0.2, 0.25) is 0 Å². The minimum atomic E-state index is -0.507. The molecule has 0 N–H and O–H groups in total. The largest absolute Gasteiger partial charge is 0.302 e.